The zero-order chi connectivity index (χ0) is 41.8. The number of carbonyl (C=O) groups is 2. The molecule has 0 atom stereocenters. The Morgan fingerprint density at radius 1 is 0.517 bits per heavy atom. The number of rotatable bonds is 10. The first-order chi connectivity index (χ1) is 29.1. The second-order valence-electron chi connectivity index (χ2n) is 15.0. The topological polar surface area (TPSA) is 107 Å². The SMILES string of the molecule is O=C(O)C1CN(Cc2ccc(C#Cc3ccc(Cc4ccccc4)cn3)c(F)c2)C1.O=C(O)C1CN(Cc2ccc(C#Cc3ccc(Cc4ccccc4)cn3)c(F)c2)C1. The van der Waals surface area contributed by atoms with Crippen LogP contribution in [0.4, 0.5) is 8.78 Å². The van der Waals surface area contributed by atoms with Gasteiger partial charge in [0.1, 0.15) is 23.0 Å². The molecular weight excluding hydrogens is 759 g/mol. The molecule has 60 heavy (non-hydrogen) atoms. The van der Waals surface area contributed by atoms with E-state index in [0.717, 1.165) is 35.1 Å². The monoisotopic (exact) mass is 800 g/mol. The number of nitrogens with zero attached hydrogens (tertiary/aromatic N) is 4. The molecule has 300 valence electrons. The van der Waals surface area contributed by atoms with E-state index in [2.05, 4.69) is 57.9 Å². The molecule has 6 aromatic rings. The zero-order valence-corrected chi connectivity index (χ0v) is 32.8. The zero-order valence-electron chi connectivity index (χ0n) is 32.8. The molecule has 0 bridgehead atoms. The molecule has 2 aliphatic heterocycles. The van der Waals surface area contributed by atoms with Gasteiger partial charge in [-0.25, -0.2) is 18.7 Å². The molecule has 10 heteroatoms. The van der Waals surface area contributed by atoms with E-state index >= 15 is 0 Å². The van der Waals surface area contributed by atoms with Gasteiger partial charge in [-0.15, -0.1) is 0 Å². The van der Waals surface area contributed by atoms with Crippen molar-refractivity contribution < 1.29 is 28.6 Å². The van der Waals surface area contributed by atoms with Gasteiger partial charge >= 0.3 is 11.9 Å². The number of hydrogen-bond acceptors (Lipinski definition) is 6. The van der Waals surface area contributed by atoms with E-state index in [0.29, 0.717) is 61.8 Å². The minimum atomic E-state index is -0.773. The van der Waals surface area contributed by atoms with Gasteiger partial charge in [-0.2, -0.15) is 0 Å². The molecule has 8 rings (SSSR count). The lowest BCUT2D eigenvalue weighted by Gasteiger charge is -2.36. The summed E-state index contributed by atoms with van der Waals surface area (Å²) in [7, 11) is 0. The smallest absolute Gasteiger partial charge is 0.309 e. The minimum Gasteiger partial charge on any atom is -0.481 e. The van der Waals surface area contributed by atoms with Gasteiger partial charge in [0, 0.05) is 51.7 Å². The van der Waals surface area contributed by atoms with Gasteiger partial charge in [0.25, 0.3) is 0 Å². The van der Waals surface area contributed by atoms with Gasteiger partial charge in [0.05, 0.1) is 23.0 Å². The molecule has 2 aromatic heterocycles. The Bertz CT molecular complexity index is 2370. The van der Waals surface area contributed by atoms with Gasteiger partial charge in [0.15, 0.2) is 0 Å². The fourth-order valence-corrected chi connectivity index (χ4v) is 6.88. The van der Waals surface area contributed by atoms with Crippen molar-refractivity contribution in [1.29, 1.82) is 0 Å². The van der Waals surface area contributed by atoms with Crippen molar-refractivity contribution in [1.82, 2.24) is 19.8 Å². The molecule has 2 saturated heterocycles. The Labute approximate surface area is 348 Å². The van der Waals surface area contributed by atoms with Gasteiger partial charge in [-0.1, -0.05) is 96.8 Å². The summed E-state index contributed by atoms with van der Waals surface area (Å²) in [5.74, 6) is 8.60. The van der Waals surface area contributed by atoms with Crippen molar-refractivity contribution in [3.8, 4) is 23.7 Å². The van der Waals surface area contributed by atoms with Crippen LogP contribution in [0.2, 0.25) is 0 Å². The van der Waals surface area contributed by atoms with Crippen LogP contribution in [0.5, 0.6) is 0 Å². The van der Waals surface area contributed by atoms with Crippen molar-refractivity contribution >= 4 is 11.9 Å². The molecule has 0 unspecified atom stereocenters. The minimum absolute atomic E-state index is 0.313. The molecule has 0 amide bonds. The number of aromatic nitrogens is 2. The van der Waals surface area contributed by atoms with Crippen LogP contribution in [0.1, 0.15) is 55.9 Å². The lowest BCUT2D eigenvalue weighted by Crippen LogP contribution is -2.49. The average Bonchev–Trinajstić information content (AvgIpc) is 3.21. The molecule has 8 nitrogen and oxygen atoms in total. The maximum Gasteiger partial charge on any atom is 0.309 e. The number of carboxylic acids is 2. The van der Waals surface area contributed by atoms with Gasteiger partial charge < -0.3 is 10.2 Å². The van der Waals surface area contributed by atoms with Crippen LogP contribution in [0, 0.1) is 47.2 Å². The highest BCUT2D eigenvalue weighted by atomic mass is 19.1. The summed E-state index contributed by atoms with van der Waals surface area (Å²) >= 11 is 0. The number of benzene rings is 4. The van der Waals surface area contributed by atoms with E-state index in [1.807, 2.05) is 82.6 Å². The number of carboxylic acid groups (broad SMARTS) is 2. The summed E-state index contributed by atoms with van der Waals surface area (Å²) in [6.07, 6.45) is 5.21. The first-order valence-electron chi connectivity index (χ1n) is 19.6. The third-order valence-electron chi connectivity index (χ3n) is 10.3. The first-order valence-corrected chi connectivity index (χ1v) is 19.6. The van der Waals surface area contributed by atoms with E-state index in [-0.39, 0.29) is 23.5 Å². The average molecular weight is 801 g/mol. The fraction of sp³-hybridized carbons (Fsp3) is 0.200. The Balaban J connectivity index is 0.000000181. The molecular formula is C50H42F2N4O4. The Hall–Kier alpha value is -6.98. The second kappa shape index (κ2) is 19.6. The molecule has 0 aliphatic carbocycles. The summed E-state index contributed by atoms with van der Waals surface area (Å²) in [4.78, 5) is 34.4. The van der Waals surface area contributed by atoms with Crippen molar-refractivity contribution in [3.63, 3.8) is 0 Å². The normalized spacial score (nSPS) is 13.9. The number of pyridine rings is 2. The van der Waals surface area contributed by atoms with Crippen molar-refractivity contribution in [2.45, 2.75) is 25.9 Å². The van der Waals surface area contributed by atoms with Crippen LogP contribution < -0.4 is 0 Å². The van der Waals surface area contributed by atoms with Crippen LogP contribution in [-0.2, 0) is 35.5 Å². The Morgan fingerprint density at radius 3 is 1.23 bits per heavy atom. The molecule has 2 N–H and O–H groups in total. The van der Waals surface area contributed by atoms with E-state index in [1.165, 1.54) is 23.3 Å². The highest BCUT2D eigenvalue weighted by molar-refractivity contribution is 5.72. The molecule has 2 aliphatic rings. The summed E-state index contributed by atoms with van der Waals surface area (Å²) < 4.78 is 28.8. The van der Waals surface area contributed by atoms with Crippen LogP contribution in [0.25, 0.3) is 0 Å². The second-order valence-corrected chi connectivity index (χ2v) is 15.0. The number of aliphatic carboxylic acids is 2. The van der Waals surface area contributed by atoms with Crippen LogP contribution in [0.3, 0.4) is 0 Å². The molecule has 4 heterocycles. The molecule has 0 spiro atoms. The van der Waals surface area contributed by atoms with Gasteiger partial charge in [-0.05, 0) is 94.5 Å². The molecule has 4 aromatic carbocycles. The lowest BCUT2D eigenvalue weighted by molar-refractivity contribution is -0.148. The highest BCUT2D eigenvalue weighted by Gasteiger charge is 2.33. The summed E-state index contributed by atoms with van der Waals surface area (Å²) in [5.41, 5.74) is 8.08. The standard InChI is InChI=1S/2C25H21FN2O2/c2*26-24-13-20(15-28-16-22(17-28)25(29)30)6-8-21(24)9-11-23-10-7-19(14-27-23)12-18-4-2-1-3-5-18/h2*1-8,10,13-14,22H,12,15-17H2,(H,29,30). The molecule has 0 saturated carbocycles. The van der Waals surface area contributed by atoms with Crippen molar-refractivity contribution in [2.24, 2.45) is 11.8 Å². The summed E-state index contributed by atoms with van der Waals surface area (Å²) in [5, 5.41) is 17.9. The number of likely N-dealkylation sites (tertiary alicyclic amines) is 2. The number of halogens is 2. The van der Waals surface area contributed by atoms with Gasteiger partial charge in [0.2, 0.25) is 0 Å². The Morgan fingerprint density at radius 2 is 0.900 bits per heavy atom. The van der Waals surface area contributed by atoms with E-state index in [9.17, 15) is 18.4 Å². The number of hydrogen-bond donors (Lipinski definition) is 2. The van der Waals surface area contributed by atoms with Gasteiger partial charge in [-0.3, -0.25) is 19.4 Å². The van der Waals surface area contributed by atoms with E-state index in [4.69, 9.17) is 10.2 Å². The summed E-state index contributed by atoms with van der Waals surface area (Å²) in [6.45, 7) is 3.10. The van der Waals surface area contributed by atoms with Crippen LogP contribution in [-0.4, -0.2) is 68.1 Å². The maximum atomic E-state index is 14.4. The predicted molar refractivity (Wildman–Crippen MR) is 225 cm³/mol. The Kier molecular flexibility index (Phi) is 13.5. The van der Waals surface area contributed by atoms with Crippen LogP contribution in [0.15, 0.2) is 134 Å². The van der Waals surface area contributed by atoms with E-state index < -0.39 is 11.9 Å². The highest BCUT2D eigenvalue weighted by Crippen LogP contribution is 2.22. The third-order valence-corrected chi connectivity index (χ3v) is 10.3. The largest absolute Gasteiger partial charge is 0.481 e. The lowest BCUT2D eigenvalue weighted by atomic mass is 9.99. The fourth-order valence-electron chi connectivity index (χ4n) is 6.88. The van der Waals surface area contributed by atoms with Crippen LogP contribution >= 0.6 is 0 Å². The third kappa shape index (κ3) is 11.6. The predicted octanol–water partition coefficient (Wildman–Crippen LogP) is 7.46. The van der Waals surface area contributed by atoms with Crippen molar-refractivity contribution in [3.05, 3.63) is 201 Å². The first kappa shape index (κ1) is 41.2. The summed E-state index contributed by atoms with van der Waals surface area (Å²) in [6, 6.07) is 37.9. The van der Waals surface area contributed by atoms with Crippen molar-refractivity contribution in [2.75, 3.05) is 26.2 Å². The van der Waals surface area contributed by atoms with E-state index in [1.54, 1.807) is 24.5 Å². The molecule has 2 fully saturated rings. The quantitative estimate of drug-likeness (QED) is 0.138. The maximum absolute atomic E-state index is 14.4. The molecule has 0 radical (unpaired) electrons.